The van der Waals surface area contributed by atoms with Gasteiger partial charge in [-0.3, -0.25) is 0 Å². The average molecular weight is 803 g/mol. The topological polar surface area (TPSA) is 43.6 Å². The van der Waals surface area contributed by atoms with Gasteiger partial charge in [-0.25, -0.2) is 15.0 Å². The van der Waals surface area contributed by atoms with Crippen molar-refractivity contribution in [2.45, 2.75) is 0 Å². The molecule has 4 nitrogen and oxygen atoms in total. The van der Waals surface area contributed by atoms with Gasteiger partial charge in [0.05, 0.1) is 33.6 Å². The van der Waals surface area contributed by atoms with Gasteiger partial charge in [-0.2, -0.15) is 0 Å². The molecule has 12 aromatic rings. The van der Waals surface area contributed by atoms with Crippen LogP contribution in [0.25, 0.3) is 117 Å². The molecule has 0 saturated heterocycles. The SMILES string of the molecule is c1ccc(-c2cccc(-c3cc(-c4ccc(-c5cccc6c5nc(-c5ccccc5)c5ccc7c(c8ccccc8n7-c7ccccc7)c56)cc4)nc(-c4ccccc4)n3)c2)cc1. The maximum Gasteiger partial charge on any atom is 0.160 e. The Morgan fingerprint density at radius 2 is 0.873 bits per heavy atom. The molecule has 12 rings (SSSR count). The highest BCUT2D eigenvalue weighted by atomic mass is 15.0. The lowest BCUT2D eigenvalue weighted by Gasteiger charge is -2.15. The van der Waals surface area contributed by atoms with Gasteiger partial charge in [0.15, 0.2) is 5.82 Å². The highest BCUT2D eigenvalue weighted by Crippen LogP contribution is 2.44. The molecule has 0 unspecified atom stereocenters. The van der Waals surface area contributed by atoms with Crippen LogP contribution in [0.3, 0.4) is 0 Å². The average Bonchev–Trinajstić information content (AvgIpc) is 3.71. The molecule has 0 bridgehead atoms. The minimum atomic E-state index is 0.691. The number of hydrogen-bond donors (Lipinski definition) is 0. The molecular formula is C59H38N4. The molecule has 0 aliphatic carbocycles. The first kappa shape index (κ1) is 36.4. The first-order valence-electron chi connectivity index (χ1n) is 21.4. The van der Waals surface area contributed by atoms with Crippen molar-refractivity contribution in [3.8, 4) is 73.1 Å². The van der Waals surface area contributed by atoms with Crippen LogP contribution in [0, 0.1) is 0 Å². The van der Waals surface area contributed by atoms with E-state index in [2.05, 4.69) is 211 Å². The molecule has 9 aromatic carbocycles. The van der Waals surface area contributed by atoms with E-state index >= 15 is 0 Å². The predicted molar refractivity (Wildman–Crippen MR) is 262 cm³/mol. The van der Waals surface area contributed by atoms with E-state index in [1.165, 1.54) is 32.8 Å². The van der Waals surface area contributed by atoms with E-state index in [1.807, 2.05) is 24.3 Å². The number of fused-ring (bicyclic) bond motifs is 7. The number of rotatable bonds is 7. The van der Waals surface area contributed by atoms with Crippen molar-refractivity contribution in [1.82, 2.24) is 19.5 Å². The Hall–Kier alpha value is -8.47. The molecule has 0 aliphatic rings. The van der Waals surface area contributed by atoms with Gasteiger partial charge in [0.2, 0.25) is 0 Å². The van der Waals surface area contributed by atoms with Gasteiger partial charge >= 0.3 is 0 Å². The van der Waals surface area contributed by atoms with E-state index in [1.54, 1.807) is 0 Å². The Bertz CT molecular complexity index is 3640. The third kappa shape index (κ3) is 6.36. The number of benzene rings is 9. The summed E-state index contributed by atoms with van der Waals surface area (Å²) < 4.78 is 2.39. The van der Waals surface area contributed by atoms with Crippen molar-refractivity contribution in [3.05, 3.63) is 231 Å². The number of para-hydroxylation sites is 3. The summed E-state index contributed by atoms with van der Waals surface area (Å²) in [5.41, 5.74) is 15.7. The summed E-state index contributed by atoms with van der Waals surface area (Å²) in [6.45, 7) is 0. The minimum absolute atomic E-state index is 0.691. The fourth-order valence-electron chi connectivity index (χ4n) is 9.25. The quantitative estimate of drug-likeness (QED) is 0.151. The number of hydrogen-bond acceptors (Lipinski definition) is 3. The second-order valence-corrected chi connectivity index (χ2v) is 16.0. The Morgan fingerprint density at radius 3 is 1.62 bits per heavy atom. The zero-order valence-corrected chi connectivity index (χ0v) is 34.2. The molecule has 0 N–H and O–H groups in total. The molecule has 4 heteroatoms. The Morgan fingerprint density at radius 1 is 0.302 bits per heavy atom. The minimum Gasteiger partial charge on any atom is -0.309 e. The molecule has 0 saturated carbocycles. The lowest BCUT2D eigenvalue weighted by atomic mass is 9.93. The second-order valence-electron chi connectivity index (χ2n) is 16.0. The summed E-state index contributed by atoms with van der Waals surface area (Å²) in [5, 5.41) is 5.91. The van der Waals surface area contributed by atoms with Crippen LogP contribution in [0.2, 0.25) is 0 Å². The van der Waals surface area contributed by atoms with E-state index in [4.69, 9.17) is 15.0 Å². The maximum atomic E-state index is 5.57. The van der Waals surface area contributed by atoms with Crippen molar-refractivity contribution >= 4 is 43.5 Å². The van der Waals surface area contributed by atoms with Crippen LogP contribution in [0.15, 0.2) is 231 Å². The summed E-state index contributed by atoms with van der Waals surface area (Å²) in [6.07, 6.45) is 0. The summed E-state index contributed by atoms with van der Waals surface area (Å²) in [5.74, 6) is 0.691. The van der Waals surface area contributed by atoms with Gasteiger partial charge < -0.3 is 4.57 Å². The fraction of sp³-hybridized carbons (Fsp3) is 0. The number of nitrogens with zero attached hydrogens (tertiary/aromatic N) is 4. The third-order valence-electron chi connectivity index (χ3n) is 12.2. The van der Waals surface area contributed by atoms with Gasteiger partial charge in [0.25, 0.3) is 0 Å². The van der Waals surface area contributed by atoms with Crippen molar-refractivity contribution in [3.63, 3.8) is 0 Å². The molecule has 0 radical (unpaired) electrons. The van der Waals surface area contributed by atoms with Crippen LogP contribution < -0.4 is 0 Å². The van der Waals surface area contributed by atoms with Gasteiger partial charge in [0, 0.05) is 60.4 Å². The lowest BCUT2D eigenvalue weighted by molar-refractivity contribution is 1.18. The van der Waals surface area contributed by atoms with E-state index in [-0.39, 0.29) is 0 Å². The summed E-state index contributed by atoms with van der Waals surface area (Å²) in [6, 6.07) is 81.4. The maximum absolute atomic E-state index is 5.57. The predicted octanol–water partition coefficient (Wildman–Crippen LogP) is 15.3. The first-order valence-corrected chi connectivity index (χ1v) is 21.4. The van der Waals surface area contributed by atoms with Crippen LogP contribution in [0.1, 0.15) is 0 Å². The smallest absolute Gasteiger partial charge is 0.160 e. The lowest BCUT2D eigenvalue weighted by Crippen LogP contribution is -1.96. The normalized spacial score (nSPS) is 11.5. The fourth-order valence-corrected chi connectivity index (χ4v) is 9.25. The van der Waals surface area contributed by atoms with Crippen molar-refractivity contribution in [1.29, 1.82) is 0 Å². The van der Waals surface area contributed by atoms with E-state index < -0.39 is 0 Å². The van der Waals surface area contributed by atoms with Crippen LogP contribution in [-0.2, 0) is 0 Å². The first-order chi connectivity index (χ1) is 31.2. The molecule has 0 fully saturated rings. The molecule has 63 heavy (non-hydrogen) atoms. The van der Waals surface area contributed by atoms with Gasteiger partial charge in [-0.1, -0.05) is 194 Å². The summed E-state index contributed by atoms with van der Waals surface area (Å²) in [4.78, 5) is 15.9. The van der Waals surface area contributed by atoms with Gasteiger partial charge in [-0.15, -0.1) is 0 Å². The molecule has 0 amide bonds. The van der Waals surface area contributed by atoms with Crippen LogP contribution in [0.4, 0.5) is 0 Å². The molecule has 0 atom stereocenters. The third-order valence-corrected chi connectivity index (χ3v) is 12.2. The zero-order valence-electron chi connectivity index (χ0n) is 34.2. The highest BCUT2D eigenvalue weighted by molar-refractivity contribution is 6.30. The Balaban J connectivity index is 1.04. The summed E-state index contributed by atoms with van der Waals surface area (Å²) in [7, 11) is 0. The van der Waals surface area contributed by atoms with Crippen LogP contribution in [-0.4, -0.2) is 19.5 Å². The van der Waals surface area contributed by atoms with Crippen molar-refractivity contribution in [2.75, 3.05) is 0 Å². The Kier molecular flexibility index (Phi) is 8.79. The molecule has 0 aliphatic heterocycles. The summed E-state index contributed by atoms with van der Waals surface area (Å²) >= 11 is 0. The molecular weight excluding hydrogens is 765 g/mol. The monoisotopic (exact) mass is 802 g/mol. The zero-order chi connectivity index (χ0) is 41.7. The van der Waals surface area contributed by atoms with E-state index in [0.29, 0.717) is 5.82 Å². The molecule has 294 valence electrons. The largest absolute Gasteiger partial charge is 0.309 e. The van der Waals surface area contributed by atoms with Crippen LogP contribution >= 0.6 is 0 Å². The van der Waals surface area contributed by atoms with Crippen LogP contribution in [0.5, 0.6) is 0 Å². The van der Waals surface area contributed by atoms with Gasteiger partial charge in [-0.05, 0) is 53.1 Å². The molecule has 3 aromatic heterocycles. The van der Waals surface area contributed by atoms with Gasteiger partial charge in [0.1, 0.15) is 0 Å². The number of pyridine rings is 1. The number of aromatic nitrogens is 4. The van der Waals surface area contributed by atoms with Crippen molar-refractivity contribution < 1.29 is 0 Å². The van der Waals surface area contributed by atoms with E-state index in [0.717, 1.165) is 78.0 Å². The Labute approximate surface area is 365 Å². The highest BCUT2D eigenvalue weighted by Gasteiger charge is 2.21. The van der Waals surface area contributed by atoms with E-state index in [9.17, 15) is 0 Å². The second kappa shape index (κ2) is 15.2. The molecule has 0 spiro atoms. The molecule has 3 heterocycles. The van der Waals surface area contributed by atoms with Crippen molar-refractivity contribution in [2.24, 2.45) is 0 Å². The standard InChI is InChI=1S/C59H38N4/c1-5-17-39(18-6-1)44-23-15-24-45(37-44)52-38-51(60-59(61-52)43-21-9-3-10-22-43)41-33-31-40(32-34-41)47-28-16-29-49-55-50(57(62-58(47)49)42-19-7-2-8-20-42)35-36-54-56(55)48-27-13-14-30-53(48)63(54)46-25-11-4-12-26-46/h1-38H.